The molecule has 2 N–H and O–H groups in total. The second-order valence-electron chi connectivity index (χ2n) is 4.93. The molecule has 0 aromatic heterocycles. The normalized spacial score (nSPS) is 12.5. The summed E-state index contributed by atoms with van der Waals surface area (Å²) < 4.78 is 0. The third-order valence-electron chi connectivity index (χ3n) is 2.69. The van der Waals surface area contributed by atoms with Gasteiger partial charge in [0.2, 0.25) is 0 Å². The van der Waals surface area contributed by atoms with Crippen molar-refractivity contribution >= 4 is 11.4 Å². The SMILES string of the molecule is Cc1ccc(NC(CO)CC(C)C)c([N+](=O)[O-])c1. The largest absolute Gasteiger partial charge is 0.394 e. The number of rotatable bonds is 6. The highest BCUT2D eigenvalue weighted by Gasteiger charge is 2.17. The Morgan fingerprint density at radius 2 is 2.11 bits per heavy atom. The van der Waals surface area contributed by atoms with E-state index in [1.54, 1.807) is 6.07 Å². The van der Waals surface area contributed by atoms with E-state index in [0.717, 1.165) is 12.0 Å². The molecule has 0 radical (unpaired) electrons. The van der Waals surface area contributed by atoms with E-state index in [0.29, 0.717) is 11.6 Å². The zero-order valence-corrected chi connectivity index (χ0v) is 11.0. The summed E-state index contributed by atoms with van der Waals surface area (Å²) in [6.07, 6.45) is 0.765. The van der Waals surface area contributed by atoms with E-state index in [2.05, 4.69) is 5.32 Å². The number of benzene rings is 1. The first kappa shape index (κ1) is 14.4. The van der Waals surface area contributed by atoms with Crippen molar-refractivity contribution in [3.05, 3.63) is 33.9 Å². The fourth-order valence-corrected chi connectivity index (χ4v) is 1.88. The summed E-state index contributed by atoms with van der Waals surface area (Å²) in [5, 5.41) is 23.3. The van der Waals surface area contributed by atoms with Gasteiger partial charge in [0.15, 0.2) is 0 Å². The standard InChI is InChI=1S/C13H20N2O3/c1-9(2)6-11(8-16)14-12-5-4-10(3)7-13(12)15(17)18/h4-5,7,9,11,14,16H,6,8H2,1-3H3. The van der Waals surface area contributed by atoms with E-state index in [1.165, 1.54) is 6.07 Å². The lowest BCUT2D eigenvalue weighted by atomic mass is 10.0. The lowest BCUT2D eigenvalue weighted by Crippen LogP contribution is -2.26. The van der Waals surface area contributed by atoms with Crippen molar-refractivity contribution in [2.75, 3.05) is 11.9 Å². The van der Waals surface area contributed by atoms with Crippen molar-refractivity contribution in [2.45, 2.75) is 33.2 Å². The molecule has 1 aromatic rings. The summed E-state index contributed by atoms with van der Waals surface area (Å²) in [5.41, 5.74) is 1.36. The molecule has 100 valence electrons. The monoisotopic (exact) mass is 252 g/mol. The molecule has 0 spiro atoms. The van der Waals surface area contributed by atoms with E-state index >= 15 is 0 Å². The number of nitrogens with zero attached hydrogens (tertiary/aromatic N) is 1. The van der Waals surface area contributed by atoms with E-state index in [-0.39, 0.29) is 18.3 Å². The van der Waals surface area contributed by atoms with E-state index < -0.39 is 4.92 Å². The maximum atomic E-state index is 11.0. The van der Waals surface area contributed by atoms with Gasteiger partial charge in [-0.15, -0.1) is 0 Å². The highest BCUT2D eigenvalue weighted by Crippen LogP contribution is 2.26. The third kappa shape index (κ3) is 4.00. The fraction of sp³-hybridized carbons (Fsp3) is 0.538. The molecular weight excluding hydrogens is 232 g/mol. The van der Waals surface area contributed by atoms with Gasteiger partial charge in [-0.25, -0.2) is 0 Å². The number of hydrogen-bond acceptors (Lipinski definition) is 4. The predicted octanol–water partition coefficient (Wildman–Crippen LogP) is 2.72. The highest BCUT2D eigenvalue weighted by atomic mass is 16.6. The quantitative estimate of drug-likeness (QED) is 0.603. The minimum Gasteiger partial charge on any atom is -0.394 e. The van der Waals surface area contributed by atoms with Crippen LogP contribution < -0.4 is 5.32 Å². The van der Waals surface area contributed by atoms with Crippen LogP contribution in [-0.4, -0.2) is 22.7 Å². The number of aliphatic hydroxyl groups is 1. The highest BCUT2D eigenvalue weighted by molar-refractivity contribution is 5.62. The van der Waals surface area contributed by atoms with Crippen LogP contribution in [0.4, 0.5) is 11.4 Å². The molecule has 1 aromatic carbocycles. The molecule has 0 aliphatic heterocycles. The summed E-state index contributed by atoms with van der Waals surface area (Å²) in [6.45, 7) is 5.87. The molecule has 0 fully saturated rings. The molecule has 1 rings (SSSR count). The first-order valence-corrected chi connectivity index (χ1v) is 6.06. The summed E-state index contributed by atoms with van der Waals surface area (Å²) in [5.74, 6) is 0.416. The molecule has 0 heterocycles. The zero-order valence-electron chi connectivity index (χ0n) is 11.0. The fourth-order valence-electron chi connectivity index (χ4n) is 1.88. The van der Waals surface area contributed by atoms with Crippen LogP contribution >= 0.6 is 0 Å². The molecule has 0 aliphatic carbocycles. The lowest BCUT2D eigenvalue weighted by Gasteiger charge is -2.19. The van der Waals surface area contributed by atoms with Gasteiger partial charge in [0.25, 0.3) is 5.69 Å². The third-order valence-corrected chi connectivity index (χ3v) is 2.69. The van der Waals surface area contributed by atoms with Crippen LogP contribution in [0.15, 0.2) is 18.2 Å². The molecule has 0 aliphatic rings. The Bertz CT molecular complexity index is 419. The van der Waals surface area contributed by atoms with Crippen LogP contribution in [0.25, 0.3) is 0 Å². The second-order valence-corrected chi connectivity index (χ2v) is 4.93. The second kappa shape index (κ2) is 6.35. The van der Waals surface area contributed by atoms with Crippen LogP contribution in [0.3, 0.4) is 0 Å². The van der Waals surface area contributed by atoms with E-state index in [4.69, 9.17) is 0 Å². The smallest absolute Gasteiger partial charge is 0.292 e. The minimum absolute atomic E-state index is 0.0385. The Labute approximate surface area is 107 Å². The number of nitrogens with one attached hydrogen (secondary N) is 1. The van der Waals surface area contributed by atoms with Gasteiger partial charge in [-0.1, -0.05) is 19.9 Å². The molecule has 0 bridgehead atoms. The maximum Gasteiger partial charge on any atom is 0.292 e. The number of hydrogen-bond donors (Lipinski definition) is 2. The Hall–Kier alpha value is -1.62. The van der Waals surface area contributed by atoms with Crippen molar-refractivity contribution in [2.24, 2.45) is 5.92 Å². The van der Waals surface area contributed by atoms with Gasteiger partial charge >= 0.3 is 0 Å². The summed E-state index contributed by atoms with van der Waals surface area (Å²) in [6, 6.07) is 4.88. The maximum absolute atomic E-state index is 11.0. The summed E-state index contributed by atoms with van der Waals surface area (Å²) >= 11 is 0. The van der Waals surface area contributed by atoms with Gasteiger partial charge in [0, 0.05) is 12.1 Å². The van der Waals surface area contributed by atoms with Crippen molar-refractivity contribution in [1.29, 1.82) is 0 Å². The Balaban J connectivity index is 2.91. The Morgan fingerprint density at radius 1 is 1.44 bits per heavy atom. The van der Waals surface area contributed by atoms with Crippen molar-refractivity contribution < 1.29 is 10.0 Å². The van der Waals surface area contributed by atoms with Gasteiger partial charge in [-0.3, -0.25) is 10.1 Å². The van der Waals surface area contributed by atoms with Crippen molar-refractivity contribution in [1.82, 2.24) is 0 Å². The molecule has 1 atom stereocenters. The van der Waals surface area contributed by atoms with Crippen LogP contribution in [0, 0.1) is 23.0 Å². The van der Waals surface area contributed by atoms with Gasteiger partial charge in [-0.2, -0.15) is 0 Å². The molecule has 1 unspecified atom stereocenters. The summed E-state index contributed by atoms with van der Waals surface area (Å²) in [7, 11) is 0. The molecular formula is C13H20N2O3. The number of nitro groups is 1. The predicted molar refractivity (Wildman–Crippen MR) is 71.8 cm³/mol. The lowest BCUT2D eigenvalue weighted by molar-refractivity contribution is -0.384. The molecule has 0 amide bonds. The number of aliphatic hydroxyl groups excluding tert-OH is 1. The van der Waals surface area contributed by atoms with E-state index in [1.807, 2.05) is 26.8 Å². The van der Waals surface area contributed by atoms with Crippen LogP contribution in [0.2, 0.25) is 0 Å². The average molecular weight is 252 g/mol. The molecule has 5 nitrogen and oxygen atoms in total. The summed E-state index contributed by atoms with van der Waals surface area (Å²) in [4.78, 5) is 10.6. The van der Waals surface area contributed by atoms with Crippen molar-refractivity contribution in [3.63, 3.8) is 0 Å². The van der Waals surface area contributed by atoms with Crippen LogP contribution in [-0.2, 0) is 0 Å². The molecule has 0 saturated carbocycles. The average Bonchev–Trinajstić information content (AvgIpc) is 2.29. The molecule has 5 heteroatoms. The van der Waals surface area contributed by atoms with E-state index in [9.17, 15) is 15.2 Å². The Kier molecular flexibility index (Phi) is 5.09. The van der Waals surface area contributed by atoms with Gasteiger partial charge in [0.1, 0.15) is 5.69 Å². The first-order valence-electron chi connectivity index (χ1n) is 6.06. The van der Waals surface area contributed by atoms with Gasteiger partial charge < -0.3 is 10.4 Å². The number of aryl methyl sites for hydroxylation is 1. The van der Waals surface area contributed by atoms with Crippen molar-refractivity contribution in [3.8, 4) is 0 Å². The Morgan fingerprint density at radius 3 is 2.61 bits per heavy atom. The zero-order chi connectivity index (χ0) is 13.7. The molecule has 0 saturated heterocycles. The minimum atomic E-state index is -0.404. The number of nitro benzene ring substituents is 1. The number of anilines is 1. The first-order chi connectivity index (χ1) is 8.43. The van der Waals surface area contributed by atoms with Gasteiger partial charge in [0.05, 0.1) is 11.5 Å². The molecule has 18 heavy (non-hydrogen) atoms. The van der Waals surface area contributed by atoms with Crippen LogP contribution in [0.5, 0.6) is 0 Å². The van der Waals surface area contributed by atoms with Gasteiger partial charge in [-0.05, 0) is 30.9 Å². The topological polar surface area (TPSA) is 75.4 Å². The van der Waals surface area contributed by atoms with Crippen LogP contribution in [0.1, 0.15) is 25.8 Å².